The van der Waals surface area contributed by atoms with Gasteiger partial charge >= 0.3 is 6.03 Å². The standard InChI is InChI=1S/C30H32N10O4/c1-16-6-7-31-26(34-16)21-9-22(21)28(42)37-29-33-10-19(15-44-3)25(36-29)32-11-20-13-39-12-18(17-4-5-17)8-23(27(39)35-20)40-14-24(41)38(2)30(40)43/h6-8,10,12-13,17,21-22H,4-5,9,11,14-15H2,1-3H3,(H2,32,33,36,37,42). The van der Waals surface area contributed by atoms with E-state index in [0.29, 0.717) is 53.1 Å². The van der Waals surface area contributed by atoms with Crippen LogP contribution in [-0.4, -0.2) is 72.8 Å². The number of fused-ring (bicyclic) bond motifs is 1. The topological polar surface area (TPSA) is 160 Å². The van der Waals surface area contributed by atoms with Gasteiger partial charge in [0.25, 0.3) is 0 Å². The van der Waals surface area contributed by atoms with E-state index in [4.69, 9.17) is 9.72 Å². The third-order valence-electron chi connectivity index (χ3n) is 8.24. The van der Waals surface area contributed by atoms with E-state index < -0.39 is 0 Å². The van der Waals surface area contributed by atoms with Crippen LogP contribution in [0.5, 0.6) is 0 Å². The van der Waals surface area contributed by atoms with Gasteiger partial charge in [-0.25, -0.2) is 24.7 Å². The van der Waals surface area contributed by atoms with Gasteiger partial charge in [0, 0.05) is 62.0 Å². The Morgan fingerprint density at radius 1 is 1.14 bits per heavy atom. The van der Waals surface area contributed by atoms with E-state index >= 15 is 0 Å². The molecule has 14 heteroatoms. The predicted molar refractivity (Wildman–Crippen MR) is 159 cm³/mol. The SMILES string of the molecule is COCc1cnc(NC(=O)C2CC2c2nccc(C)n2)nc1NCc1cn2cc(C3CC3)cc(N3CC(=O)N(C)C3=O)c2n1. The van der Waals surface area contributed by atoms with E-state index in [2.05, 4.69) is 30.6 Å². The highest BCUT2D eigenvalue weighted by molar-refractivity contribution is 6.13. The average Bonchev–Trinajstić information content (AvgIpc) is 3.94. The summed E-state index contributed by atoms with van der Waals surface area (Å²) in [6.45, 7) is 2.46. The Morgan fingerprint density at radius 3 is 2.70 bits per heavy atom. The molecule has 44 heavy (non-hydrogen) atoms. The van der Waals surface area contributed by atoms with E-state index in [-0.39, 0.29) is 48.8 Å². The van der Waals surface area contributed by atoms with E-state index in [9.17, 15) is 14.4 Å². The van der Waals surface area contributed by atoms with Gasteiger partial charge in [-0.15, -0.1) is 0 Å². The Bertz CT molecular complexity index is 1800. The fraction of sp³-hybridized carbons (Fsp3) is 0.400. The Kier molecular flexibility index (Phi) is 6.92. The molecule has 2 atom stereocenters. The van der Waals surface area contributed by atoms with Crippen molar-refractivity contribution in [3.8, 4) is 0 Å². The second kappa shape index (κ2) is 10.9. The van der Waals surface area contributed by atoms with Gasteiger partial charge in [-0.2, -0.15) is 4.98 Å². The quantitative estimate of drug-likeness (QED) is 0.261. The van der Waals surface area contributed by atoms with Gasteiger partial charge in [0.15, 0.2) is 5.65 Å². The first-order valence-electron chi connectivity index (χ1n) is 14.6. The van der Waals surface area contributed by atoms with Gasteiger partial charge in [0.05, 0.1) is 24.5 Å². The van der Waals surface area contributed by atoms with Crippen LogP contribution < -0.4 is 15.5 Å². The number of hydrogen-bond donors (Lipinski definition) is 2. The number of nitrogens with one attached hydrogen (secondary N) is 2. The number of ether oxygens (including phenoxy) is 1. The lowest BCUT2D eigenvalue weighted by molar-refractivity contribution is -0.124. The van der Waals surface area contributed by atoms with Crippen molar-refractivity contribution in [2.24, 2.45) is 5.92 Å². The van der Waals surface area contributed by atoms with Gasteiger partial charge in [0.1, 0.15) is 18.2 Å². The Labute approximate surface area is 252 Å². The molecule has 0 aromatic carbocycles. The molecule has 5 heterocycles. The average molecular weight is 597 g/mol. The van der Waals surface area contributed by atoms with E-state index in [1.807, 2.05) is 35.9 Å². The van der Waals surface area contributed by atoms with Crippen LogP contribution in [0.1, 0.15) is 59.4 Å². The molecule has 3 aliphatic rings. The monoisotopic (exact) mass is 596 g/mol. The Morgan fingerprint density at radius 2 is 1.98 bits per heavy atom. The van der Waals surface area contributed by atoms with Crippen molar-refractivity contribution in [1.29, 1.82) is 0 Å². The highest BCUT2D eigenvalue weighted by atomic mass is 16.5. The number of aryl methyl sites for hydroxylation is 1. The number of imide groups is 1. The van der Waals surface area contributed by atoms with E-state index in [1.165, 1.54) is 11.9 Å². The lowest BCUT2D eigenvalue weighted by Gasteiger charge is -2.17. The first-order chi connectivity index (χ1) is 21.3. The largest absolute Gasteiger partial charge is 0.380 e. The molecule has 2 N–H and O–H groups in total. The summed E-state index contributed by atoms with van der Waals surface area (Å²) in [4.78, 5) is 63.2. The lowest BCUT2D eigenvalue weighted by atomic mass is 10.1. The molecule has 1 aliphatic heterocycles. The minimum absolute atomic E-state index is 0.0185. The molecule has 2 saturated carbocycles. The number of methoxy groups -OCH3 is 1. The van der Waals surface area contributed by atoms with Crippen LogP contribution in [0.4, 0.5) is 22.2 Å². The molecule has 4 amide bonds. The van der Waals surface area contributed by atoms with Crippen molar-refractivity contribution in [3.05, 3.63) is 65.3 Å². The van der Waals surface area contributed by atoms with Gasteiger partial charge in [-0.1, -0.05) is 0 Å². The zero-order valence-electron chi connectivity index (χ0n) is 24.6. The minimum Gasteiger partial charge on any atom is -0.380 e. The molecule has 1 saturated heterocycles. The number of pyridine rings is 1. The van der Waals surface area contributed by atoms with Gasteiger partial charge < -0.3 is 14.5 Å². The maximum atomic E-state index is 13.0. The number of likely N-dealkylation sites (N-methyl/N-ethyl adjacent to an activating group) is 1. The minimum atomic E-state index is -0.365. The van der Waals surface area contributed by atoms with Crippen LogP contribution in [0.3, 0.4) is 0 Å². The number of aromatic nitrogens is 6. The van der Waals surface area contributed by atoms with Crippen molar-refractivity contribution in [2.75, 3.05) is 36.2 Å². The summed E-state index contributed by atoms with van der Waals surface area (Å²) in [5.74, 6) is 1.12. The molecular weight excluding hydrogens is 564 g/mol. The number of anilines is 3. The molecule has 226 valence electrons. The summed E-state index contributed by atoms with van der Waals surface area (Å²) < 4.78 is 7.26. The molecule has 0 radical (unpaired) electrons. The molecular formula is C30H32N10O4. The molecule has 0 bridgehead atoms. The van der Waals surface area contributed by atoms with Crippen molar-refractivity contribution in [3.63, 3.8) is 0 Å². The number of nitrogens with zero attached hydrogens (tertiary/aromatic N) is 8. The van der Waals surface area contributed by atoms with Crippen molar-refractivity contribution in [1.82, 2.24) is 34.2 Å². The summed E-state index contributed by atoms with van der Waals surface area (Å²) >= 11 is 0. The summed E-state index contributed by atoms with van der Waals surface area (Å²) in [5, 5.41) is 6.15. The third kappa shape index (κ3) is 5.32. The lowest BCUT2D eigenvalue weighted by Crippen LogP contribution is -2.30. The molecule has 14 nitrogen and oxygen atoms in total. The number of hydrogen-bond acceptors (Lipinski definition) is 10. The number of imidazole rings is 1. The highest BCUT2D eigenvalue weighted by Gasteiger charge is 2.46. The number of urea groups is 1. The fourth-order valence-corrected chi connectivity index (χ4v) is 5.54. The highest BCUT2D eigenvalue weighted by Crippen LogP contribution is 2.46. The summed E-state index contributed by atoms with van der Waals surface area (Å²) in [6, 6.07) is 3.44. The van der Waals surface area contributed by atoms with Crippen LogP contribution in [0.25, 0.3) is 5.65 Å². The second-order valence-corrected chi connectivity index (χ2v) is 11.6. The van der Waals surface area contributed by atoms with Crippen molar-refractivity contribution >= 4 is 40.9 Å². The Hall–Kier alpha value is -4.98. The Balaban J connectivity index is 1.10. The smallest absolute Gasteiger partial charge is 0.331 e. The summed E-state index contributed by atoms with van der Waals surface area (Å²) in [5.41, 5.74) is 4.61. The summed E-state index contributed by atoms with van der Waals surface area (Å²) in [6.07, 6.45) is 10.1. The van der Waals surface area contributed by atoms with Gasteiger partial charge in [-0.3, -0.25) is 24.7 Å². The predicted octanol–water partition coefficient (Wildman–Crippen LogP) is 3.00. The van der Waals surface area contributed by atoms with Gasteiger partial charge in [-0.05, 0) is 49.8 Å². The molecule has 0 spiro atoms. The molecule has 3 fully saturated rings. The molecule has 7 rings (SSSR count). The number of amides is 4. The molecule has 4 aromatic heterocycles. The van der Waals surface area contributed by atoms with Crippen LogP contribution in [0.2, 0.25) is 0 Å². The molecule has 4 aromatic rings. The van der Waals surface area contributed by atoms with Crippen LogP contribution >= 0.6 is 0 Å². The number of rotatable bonds is 10. The van der Waals surface area contributed by atoms with Crippen molar-refractivity contribution < 1.29 is 19.1 Å². The van der Waals surface area contributed by atoms with Gasteiger partial charge in [0.2, 0.25) is 17.8 Å². The first-order valence-corrected chi connectivity index (χ1v) is 14.6. The number of carbonyl (C=O) groups excluding carboxylic acids is 3. The zero-order valence-corrected chi connectivity index (χ0v) is 24.6. The van der Waals surface area contributed by atoms with Crippen LogP contribution in [0, 0.1) is 12.8 Å². The van der Waals surface area contributed by atoms with Crippen LogP contribution in [0.15, 0.2) is 36.9 Å². The fourth-order valence-electron chi connectivity index (χ4n) is 5.54. The third-order valence-corrected chi connectivity index (χ3v) is 8.24. The second-order valence-electron chi connectivity index (χ2n) is 11.6. The summed E-state index contributed by atoms with van der Waals surface area (Å²) in [7, 11) is 3.08. The molecule has 2 unspecified atom stereocenters. The van der Waals surface area contributed by atoms with Crippen LogP contribution in [-0.2, 0) is 27.5 Å². The normalized spacial score (nSPS) is 19.6. The maximum absolute atomic E-state index is 13.0. The number of carbonyl (C=O) groups is 3. The van der Waals surface area contributed by atoms with E-state index in [0.717, 1.165) is 29.0 Å². The maximum Gasteiger partial charge on any atom is 0.331 e. The van der Waals surface area contributed by atoms with Crippen molar-refractivity contribution in [2.45, 2.75) is 51.2 Å². The first kappa shape index (κ1) is 27.8. The zero-order chi connectivity index (χ0) is 30.5. The molecule has 2 aliphatic carbocycles. The van der Waals surface area contributed by atoms with E-state index in [1.54, 1.807) is 19.5 Å².